The van der Waals surface area contributed by atoms with Crippen molar-refractivity contribution in [2.75, 3.05) is 13.7 Å². The van der Waals surface area contributed by atoms with Gasteiger partial charge in [-0.3, -0.25) is 0 Å². The lowest BCUT2D eigenvalue weighted by atomic mass is 9.73. The first kappa shape index (κ1) is 28.8. The Morgan fingerprint density at radius 3 is 2.67 bits per heavy atom. The molecule has 218 valence electrons. The van der Waals surface area contributed by atoms with Gasteiger partial charge in [0.05, 0.1) is 18.4 Å². The summed E-state index contributed by atoms with van der Waals surface area (Å²) < 4.78 is 41.0. The molecule has 0 radical (unpaired) electrons. The molecule has 1 aromatic heterocycles. The van der Waals surface area contributed by atoms with E-state index in [2.05, 4.69) is 10.3 Å². The van der Waals surface area contributed by atoms with Crippen LogP contribution in [0, 0.1) is 12.7 Å². The van der Waals surface area contributed by atoms with Gasteiger partial charge in [-0.05, 0) is 36.8 Å². The Morgan fingerprint density at radius 2 is 1.95 bits per heavy atom. The van der Waals surface area contributed by atoms with E-state index in [0.717, 1.165) is 5.56 Å². The van der Waals surface area contributed by atoms with Crippen molar-refractivity contribution >= 4 is 30.2 Å². The van der Waals surface area contributed by atoms with Gasteiger partial charge < -0.3 is 24.1 Å². The average Bonchev–Trinajstić information content (AvgIpc) is 3.48. The van der Waals surface area contributed by atoms with Crippen LogP contribution >= 0.6 is 24.2 Å². The van der Waals surface area contributed by atoms with Crippen LogP contribution in [0.15, 0.2) is 72.9 Å². The van der Waals surface area contributed by atoms with Crippen molar-refractivity contribution in [1.29, 1.82) is 0 Å². The van der Waals surface area contributed by atoms with Gasteiger partial charge in [0.1, 0.15) is 40.8 Å². The Kier molecular flexibility index (Phi) is 7.81. The third kappa shape index (κ3) is 4.80. The molecule has 0 amide bonds. The second kappa shape index (κ2) is 11.4. The minimum atomic E-state index is -1.53. The lowest BCUT2D eigenvalue weighted by molar-refractivity contribution is -0.323. The smallest absolute Gasteiger partial charge is 0.336 e. The van der Waals surface area contributed by atoms with Gasteiger partial charge in [0.2, 0.25) is 0 Å². The molecule has 2 saturated heterocycles. The number of aryl methyl sites for hydroxylation is 1. The van der Waals surface area contributed by atoms with Crippen LogP contribution in [0.5, 0.6) is 0 Å². The van der Waals surface area contributed by atoms with E-state index >= 15 is 0 Å². The number of aromatic carboxylic acids is 1. The summed E-state index contributed by atoms with van der Waals surface area (Å²) >= 11 is 11.2. The molecule has 42 heavy (non-hydrogen) atoms. The quantitative estimate of drug-likeness (QED) is 0.284. The van der Waals surface area contributed by atoms with Gasteiger partial charge in [0.15, 0.2) is 6.29 Å². The van der Waals surface area contributed by atoms with E-state index < -0.39 is 47.4 Å². The number of carboxylic acid groups (broad SMARTS) is 1. The summed E-state index contributed by atoms with van der Waals surface area (Å²) in [6.45, 7) is 1.77. The zero-order chi connectivity index (χ0) is 29.6. The van der Waals surface area contributed by atoms with Gasteiger partial charge in [-0.2, -0.15) is 0 Å². The van der Waals surface area contributed by atoms with Crippen LogP contribution in [0.4, 0.5) is 4.39 Å². The Labute approximate surface area is 251 Å². The molecule has 2 fully saturated rings. The fourth-order valence-corrected chi connectivity index (χ4v) is 6.47. The number of carboxylic acids is 1. The standard InChI is InChI=1S/C30H27ClFN3O6S/c1-16-8-9-18(12-22(16)32)23-14-35(34-33-23)30(21-13-19(31)10-11-20(21)27(36)37)25-24(40-29(42)26(30)38-2)15-39-28(41-25)17-6-4-3-5-7-17/h3-14,24-26,28-29,42H,15H2,1-2H3,(H,36,37)/t24-,25+,26+,28?,29-,30?/m1/s1. The molecule has 2 aliphatic rings. The van der Waals surface area contributed by atoms with Crippen molar-refractivity contribution in [3.05, 3.63) is 106 Å². The molecular weight excluding hydrogens is 585 g/mol. The third-order valence-corrected chi connectivity index (χ3v) is 8.40. The number of fused-ring (bicyclic) bond motifs is 1. The van der Waals surface area contributed by atoms with Crippen LogP contribution in [0.2, 0.25) is 5.02 Å². The largest absolute Gasteiger partial charge is 0.478 e. The molecule has 0 aliphatic carbocycles. The number of thiol groups is 1. The number of nitrogens with zero attached hydrogens (tertiary/aromatic N) is 3. The van der Waals surface area contributed by atoms with Crippen LogP contribution in [0.3, 0.4) is 0 Å². The molecule has 12 heteroatoms. The Balaban J connectivity index is 1.61. The molecule has 2 aliphatic heterocycles. The van der Waals surface area contributed by atoms with E-state index in [1.54, 1.807) is 31.3 Å². The molecule has 1 N–H and O–H groups in total. The number of rotatable bonds is 6. The van der Waals surface area contributed by atoms with Crippen LogP contribution in [0.1, 0.15) is 33.3 Å². The summed E-state index contributed by atoms with van der Waals surface area (Å²) in [4.78, 5) is 12.7. The zero-order valence-electron chi connectivity index (χ0n) is 22.6. The number of halogens is 2. The Morgan fingerprint density at radius 1 is 1.17 bits per heavy atom. The number of methoxy groups -OCH3 is 1. The summed E-state index contributed by atoms with van der Waals surface area (Å²) in [6.07, 6.45) is -1.81. The summed E-state index contributed by atoms with van der Waals surface area (Å²) in [5.41, 5.74) is -0.119. The van der Waals surface area contributed by atoms with Gasteiger partial charge in [-0.15, -0.1) is 17.7 Å². The third-order valence-electron chi connectivity index (χ3n) is 7.77. The number of carbonyl (C=O) groups is 1. The first-order chi connectivity index (χ1) is 20.2. The number of hydrogen-bond acceptors (Lipinski definition) is 8. The average molecular weight is 612 g/mol. The molecule has 3 aromatic carbocycles. The minimum absolute atomic E-state index is 0.0487. The van der Waals surface area contributed by atoms with E-state index in [4.69, 9.17) is 43.2 Å². The second-order valence-corrected chi connectivity index (χ2v) is 11.1. The van der Waals surface area contributed by atoms with Crippen LogP contribution in [-0.4, -0.2) is 63.5 Å². The predicted molar refractivity (Wildman–Crippen MR) is 154 cm³/mol. The van der Waals surface area contributed by atoms with Gasteiger partial charge in [-0.1, -0.05) is 59.3 Å². The fraction of sp³-hybridized carbons (Fsp3) is 0.300. The fourth-order valence-electron chi connectivity index (χ4n) is 5.79. The first-order valence-corrected chi connectivity index (χ1v) is 14.0. The van der Waals surface area contributed by atoms with E-state index in [1.807, 2.05) is 30.3 Å². The van der Waals surface area contributed by atoms with Gasteiger partial charge in [0.25, 0.3) is 0 Å². The SMILES string of the molecule is CO[C@H]1[C@@H](S)O[C@@H]2COC(c3ccccc3)O[C@@H]2C1(c1cc(Cl)ccc1C(=O)O)n1cc(-c2ccc(C)c(F)c2)nn1. The highest BCUT2D eigenvalue weighted by Gasteiger charge is 2.63. The maximum atomic E-state index is 14.5. The highest BCUT2D eigenvalue weighted by molar-refractivity contribution is 7.80. The molecule has 4 aromatic rings. The Bertz CT molecular complexity index is 1620. The lowest BCUT2D eigenvalue weighted by Gasteiger charge is -2.55. The van der Waals surface area contributed by atoms with E-state index in [-0.39, 0.29) is 22.8 Å². The molecule has 3 heterocycles. The maximum Gasteiger partial charge on any atom is 0.336 e. The number of ether oxygens (including phenoxy) is 4. The first-order valence-electron chi connectivity index (χ1n) is 13.1. The van der Waals surface area contributed by atoms with Crippen molar-refractivity contribution < 1.29 is 33.2 Å². The Hall–Kier alpha value is -3.32. The molecule has 0 saturated carbocycles. The normalized spacial score (nSPS) is 27.4. The highest BCUT2D eigenvalue weighted by atomic mass is 35.5. The van der Waals surface area contributed by atoms with Gasteiger partial charge >= 0.3 is 5.97 Å². The van der Waals surface area contributed by atoms with Crippen molar-refractivity contribution in [3.63, 3.8) is 0 Å². The molecule has 2 unspecified atom stereocenters. The van der Waals surface area contributed by atoms with E-state index in [9.17, 15) is 14.3 Å². The molecule has 6 atom stereocenters. The lowest BCUT2D eigenvalue weighted by Crippen LogP contribution is -2.70. The summed E-state index contributed by atoms with van der Waals surface area (Å²) in [6, 6.07) is 18.6. The monoisotopic (exact) mass is 611 g/mol. The molecule has 6 rings (SSSR count). The zero-order valence-corrected chi connectivity index (χ0v) is 24.2. The van der Waals surface area contributed by atoms with Gasteiger partial charge in [0, 0.05) is 28.8 Å². The van der Waals surface area contributed by atoms with Crippen LogP contribution < -0.4 is 0 Å². The second-order valence-electron chi connectivity index (χ2n) is 10.2. The summed E-state index contributed by atoms with van der Waals surface area (Å²) in [5.74, 6) is -1.59. The van der Waals surface area contributed by atoms with Gasteiger partial charge in [-0.25, -0.2) is 13.9 Å². The molecule has 0 bridgehead atoms. The van der Waals surface area contributed by atoms with Crippen molar-refractivity contribution in [3.8, 4) is 11.3 Å². The van der Waals surface area contributed by atoms with Crippen molar-refractivity contribution in [1.82, 2.24) is 15.0 Å². The minimum Gasteiger partial charge on any atom is -0.478 e. The highest BCUT2D eigenvalue weighted by Crippen LogP contribution is 2.50. The van der Waals surface area contributed by atoms with E-state index in [0.29, 0.717) is 16.8 Å². The molecular formula is C30H27ClFN3O6S. The number of benzene rings is 3. The predicted octanol–water partition coefficient (Wildman–Crippen LogP) is 5.27. The van der Waals surface area contributed by atoms with E-state index in [1.165, 1.54) is 30.0 Å². The summed E-state index contributed by atoms with van der Waals surface area (Å²) in [5, 5.41) is 19.5. The van der Waals surface area contributed by atoms with Crippen LogP contribution in [-0.2, 0) is 24.5 Å². The van der Waals surface area contributed by atoms with Crippen molar-refractivity contribution in [2.24, 2.45) is 0 Å². The maximum absolute atomic E-state index is 14.5. The molecule has 9 nitrogen and oxygen atoms in total. The molecule has 0 spiro atoms. The topological polar surface area (TPSA) is 105 Å². The summed E-state index contributed by atoms with van der Waals surface area (Å²) in [7, 11) is 1.47. The van der Waals surface area contributed by atoms with Crippen molar-refractivity contribution in [2.45, 2.75) is 42.5 Å². The number of hydrogen-bond donors (Lipinski definition) is 2. The van der Waals surface area contributed by atoms with Crippen LogP contribution in [0.25, 0.3) is 11.3 Å². The number of aromatic nitrogens is 3.